The highest BCUT2D eigenvalue weighted by Gasteiger charge is 2.41. The van der Waals surface area contributed by atoms with Crippen LogP contribution >= 0.6 is 0 Å². The second-order valence-corrected chi connectivity index (χ2v) is 22.2. The topological polar surface area (TPSA) is 184 Å². The molecule has 0 fully saturated rings. The van der Waals surface area contributed by atoms with Crippen LogP contribution in [0.5, 0.6) is 0 Å². The summed E-state index contributed by atoms with van der Waals surface area (Å²) in [6.07, 6.45) is 0.525. The van der Waals surface area contributed by atoms with Crippen molar-refractivity contribution in [3.8, 4) is 22.9 Å². The highest BCUT2D eigenvalue weighted by atomic mass is 32.1. The van der Waals surface area contributed by atoms with Crippen molar-refractivity contribution in [2.45, 2.75) is 117 Å². The van der Waals surface area contributed by atoms with E-state index in [0.717, 1.165) is 38.9 Å². The van der Waals surface area contributed by atoms with Gasteiger partial charge in [-0.2, -0.15) is 16.8 Å². The van der Waals surface area contributed by atoms with Gasteiger partial charge in [-0.05, 0) is 119 Å². The SMILES string of the molecule is O=S=O.O=S=O.[C-]#[N+]c1ccc(C[C@@H](c2nnc(-c3ccc(C)cc3)o2)[C@@H](C)O)cc1C.[C-]#[N+]c1ccc(C[C@@H](c2nnc(-c3ccc(C)cc3)o2)[C@@H](C)O[Si](C)(C)C(C)(C)C)cc1C. The predicted octanol–water partition coefficient (Wildman–Crippen LogP) is 10.9. The Kier molecular flexibility index (Phi) is 20.3. The van der Waals surface area contributed by atoms with Crippen molar-refractivity contribution in [2.24, 2.45) is 0 Å². The van der Waals surface area contributed by atoms with Gasteiger partial charge in [0.1, 0.15) is 0 Å². The molecular formula is C48H56N6O8S2Si. The van der Waals surface area contributed by atoms with Crippen molar-refractivity contribution < 1.29 is 35.2 Å². The molecule has 4 atom stereocenters. The quantitative estimate of drug-likeness (QED) is 0.0906. The molecule has 0 spiro atoms. The molecule has 1 N–H and O–H groups in total. The first kappa shape index (κ1) is 53.3. The van der Waals surface area contributed by atoms with Crippen LogP contribution in [0.25, 0.3) is 32.6 Å². The maximum Gasteiger partial charge on any atom is 0.335 e. The van der Waals surface area contributed by atoms with Crippen LogP contribution in [-0.2, 0) is 40.4 Å². The largest absolute Gasteiger partial charge is 0.420 e. The molecule has 0 aliphatic heterocycles. The summed E-state index contributed by atoms with van der Waals surface area (Å²) in [4.78, 5) is 7.08. The molecule has 0 aliphatic rings. The van der Waals surface area contributed by atoms with Crippen LogP contribution in [0.1, 0.15) is 91.6 Å². The van der Waals surface area contributed by atoms with Crippen LogP contribution in [0, 0.1) is 40.8 Å². The van der Waals surface area contributed by atoms with Gasteiger partial charge < -0.3 is 18.4 Å². The molecule has 0 bridgehead atoms. The van der Waals surface area contributed by atoms with Crippen LogP contribution < -0.4 is 0 Å². The number of rotatable bonds is 12. The third-order valence-electron chi connectivity index (χ3n) is 11.2. The molecule has 2 aromatic heterocycles. The Balaban J connectivity index is 0.000000314. The molecular weight excluding hydrogens is 881 g/mol. The number of hydrogen-bond donors (Lipinski definition) is 1. The van der Waals surface area contributed by atoms with Gasteiger partial charge in [-0.15, -0.1) is 20.4 Å². The first-order valence-electron chi connectivity index (χ1n) is 20.7. The van der Waals surface area contributed by atoms with Gasteiger partial charge in [0.15, 0.2) is 19.7 Å². The second-order valence-electron chi connectivity index (χ2n) is 17.2. The van der Waals surface area contributed by atoms with E-state index in [9.17, 15) is 5.11 Å². The first-order chi connectivity index (χ1) is 30.7. The van der Waals surface area contributed by atoms with Gasteiger partial charge in [0.05, 0.1) is 37.2 Å². The average molecular weight is 937 g/mol. The molecule has 0 unspecified atom stereocenters. The lowest BCUT2D eigenvalue weighted by atomic mass is 9.93. The number of nitrogens with zero attached hydrogens (tertiary/aromatic N) is 6. The minimum Gasteiger partial charge on any atom is -0.420 e. The fourth-order valence-corrected chi connectivity index (χ4v) is 7.93. The lowest BCUT2D eigenvalue weighted by Gasteiger charge is -2.40. The Labute approximate surface area is 389 Å². The van der Waals surface area contributed by atoms with Crippen LogP contribution in [0.4, 0.5) is 11.4 Å². The molecule has 65 heavy (non-hydrogen) atoms. The number of benzene rings is 4. The number of aliphatic hydroxyl groups excluding tert-OH is 1. The Morgan fingerprint density at radius 2 is 1.02 bits per heavy atom. The van der Waals surface area contributed by atoms with E-state index in [2.05, 4.69) is 83.9 Å². The number of aliphatic hydroxyl groups is 1. The van der Waals surface area contributed by atoms with Crippen LogP contribution in [-0.4, -0.2) is 62.9 Å². The van der Waals surface area contributed by atoms with Crippen molar-refractivity contribution in [2.75, 3.05) is 0 Å². The third kappa shape index (κ3) is 15.5. The molecule has 6 aromatic rings. The van der Waals surface area contributed by atoms with E-state index in [1.807, 2.05) is 99.6 Å². The van der Waals surface area contributed by atoms with Gasteiger partial charge in [-0.1, -0.05) is 92.6 Å². The van der Waals surface area contributed by atoms with E-state index in [0.29, 0.717) is 47.8 Å². The smallest absolute Gasteiger partial charge is 0.335 e. The van der Waals surface area contributed by atoms with Crippen LogP contribution in [0.3, 0.4) is 0 Å². The van der Waals surface area contributed by atoms with E-state index in [1.165, 1.54) is 5.56 Å². The summed E-state index contributed by atoms with van der Waals surface area (Å²) in [6.45, 7) is 37.5. The third-order valence-corrected chi connectivity index (χ3v) is 15.8. The summed E-state index contributed by atoms with van der Waals surface area (Å²) >= 11 is -1.50. The maximum absolute atomic E-state index is 10.2. The van der Waals surface area contributed by atoms with E-state index in [4.69, 9.17) is 43.2 Å². The second kappa shape index (κ2) is 24.8. The van der Waals surface area contributed by atoms with Crippen molar-refractivity contribution in [3.05, 3.63) is 153 Å². The van der Waals surface area contributed by atoms with E-state index >= 15 is 0 Å². The predicted molar refractivity (Wildman–Crippen MR) is 254 cm³/mol. The zero-order valence-corrected chi connectivity index (χ0v) is 41.2. The molecule has 14 nitrogen and oxygen atoms in total. The van der Waals surface area contributed by atoms with Crippen LogP contribution in [0.2, 0.25) is 18.1 Å². The lowest BCUT2D eigenvalue weighted by Crippen LogP contribution is -2.44. The van der Waals surface area contributed by atoms with Crippen molar-refractivity contribution in [1.82, 2.24) is 20.4 Å². The fourth-order valence-electron chi connectivity index (χ4n) is 6.48. The standard InChI is InChI=1S/C27H35N3O2Si.C21H21N3O2.2O2S/c1-18-10-13-22(14-11-18)25-29-30-26(31-25)23(20(3)32-33(8,9)27(4,5)6)17-21-12-15-24(28-7)19(2)16-21;1-13-5-8-17(9-6-13)20-23-24-21(26-20)18(15(3)25)12-16-7-10-19(22-4)14(2)11-16;2*1-3-2/h10-16,20,23H,17H2,1-6,8-9H3;5-11,15,18,25H,12H2,1-3H3;;/t20-,23-;15-,18-;;/m11../s1. The molecule has 6 rings (SSSR count). The molecule has 342 valence electrons. The Morgan fingerprint density at radius 1 is 0.646 bits per heavy atom. The minimum atomic E-state index is -2.00. The number of aryl methyl sites for hydroxylation is 4. The lowest BCUT2D eigenvalue weighted by molar-refractivity contribution is 0.148. The van der Waals surface area contributed by atoms with Crippen molar-refractivity contribution >= 4 is 42.8 Å². The molecule has 0 radical (unpaired) electrons. The van der Waals surface area contributed by atoms with Gasteiger partial charge in [-0.25, -0.2) is 9.69 Å². The minimum absolute atomic E-state index is 0.0935. The first-order valence-corrected chi connectivity index (χ1v) is 24.9. The molecule has 17 heteroatoms. The summed E-state index contributed by atoms with van der Waals surface area (Å²) in [5.74, 6) is 1.58. The van der Waals surface area contributed by atoms with Gasteiger partial charge in [0.2, 0.25) is 23.6 Å². The normalized spacial score (nSPS) is 12.8. The summed E-state index contributed by atoms with van der Waals surface area (Å²) < 4.78 is 52.0. The van der Waals surface area contributed by atoms with E-state index in [-0.39, 0.29) is 23.0 Å². The Hall–Kier alpha value is -6.08. The summed E-state index contributed by atoms with van der Waals surface area (Å²) in [5.41, 5.74) is 9.49. The number of aromatic nitrogens is 4. The molecule has 0 saturated carbocycles. The van der Waals surface area contributed by atoms with Gasteiger partial charge in [0, 0.05) is 11.1 Å². The Bertz CT molecular complexity index is 2620. The van der Waals surface area contributed by atoms with Crippen molar-refractivity contribution in [3.63, 3.8) is 0 Å². The fraction of sp³-hybridized carbons (Fsp3) is 0.375. The summed E-state index contributed by atoms with van der Waals surface area (Å²) in [7, 11) is -2.00. The van der Waals surface area contributed by atoms with Gasteiger partial charge >= 0.3 is 23.1 Å². The molecule has 2 heterocycles. The zero-order chi connectivity index (χ0) is 48.5. The van der Waals surface area contributed by atoms with E-state index in [1.54, 1.807) is 6.92 Å². The maximum atomic E-state index is 10.2. The highest BCUT2D eigenvalue weighted by molar-refractivity contribution is 7.51. The molecule has 4 aromatic carbocycles. The average Bonchev–Trinajstić information content (AvgIpc) is 3.94. The summed E-state index contributed by atoms with van der Waals surface area (Å²) in [5, 5.41) is 27.4. The molecule has 0 amide bonds. The summed E-state index contributed by atoms with van der Waals surface area (Å²) in [6, 6.07) is 27.6. The monoisotopic (exact) mass is 936 g/mol. The van der Waals surface area contributed by atoms with E-state index < -0.39 is 37.6 Å². The Morgan fingerprint density at radius 3 is 1.35 bits per heavy atom. The zero-order valence-electron chi connectivity index (χ0n) is 38.6. The van der Waals surface area contributed by atoms with Crippen molar-refractivity contribution in [1.29, 1.82) is 0 Å². The number of hydrogen-bond acceptors (Lipinski definition) is 12. The molecule has 0 aliphatic carbocycles. The highest BCUT2D eigenvalue weighted by Crippen LogP contribution is 2.40. The van der Waals surface area contributed by atoms with Crippen LogP contribution in [0.15, 0.2) is 93.8 Å². The van der Waals surface area contributed by atoms with Gasteiger partial charge in [-0.3, -0.25) is 0 Å². The molecule has 0 saturated heterocycles. The van der Waals surface area contributed by atoms with Gasteiger partial charge in [0.25, 0.3) is 0 Å².